The third-order valence-corrected chi connectivity index (χ3v) is 4.50. The fraction of sp³-hybridized carbons (Fsp3) is 0.556. The Hall–Kier alpha value is -1.56. The standard InChI is InChI=1S/C18H26N2O3/c1-13(19-11-15(21)12-20-8-3-4-9-20)17-10-14-6-5-7-16(22-2)18(14)23-17/h5-7,10,13,15,19,21H,3-4,8-9,11-12H2,1-2H3. The maximum atomic E-state index is 10.2. The van der Waals surface area contributed by atoms with Crippen molar-refractivity contribution in [3.8, 4) is 5.75 Å². The van der Waals surface area contributed by atoms with Gasteiger partial charge in [0, 0.05) is 18.5 Å². The Kier molecular flexibility index (Phi) is 5.20. The van der Waals surface area contributed by atoms with E-state index in [1.807, 2.05) is 31.2 Å². The van der Waals surface area contributed by atoms with E-state index in [4.69, 9.17) is 9.15 Å². The highest BCUT2D eigenvalue weighted by Crippen LogP contribution is 2.30. The van der Waals surface area contributed by atoms with E-state index in [2.05, 4.69) is 10.2 Å². The molecule has 1 aliphatic heterocycles. The minimum Gasteiger partial charge on any atom is -0.493 e. The molecule has 1 aliphatic rings. The highest BCUT2D eigenvalue weighted by atomic mass is 16.5. The van der Waals surface area contributed by atoms with Gasteiger partial charge in [-0.25, -0.2) is 0 Å². The van der Waals surface area contributed by atoms with E-state index < -0.39 is 0 Å². The molecule has 0 amide bonds. The molecule has 0 radical (unpaired) electrons. The third kappa shape index (κ3) is 3.86. The SMILES string of the molecule is COc1cccc2cc(C(C)NCC(O)CN3CCCC3)oc12. The van der Waals surface area contributed by atoms with Gasteiger partial charge in [0.1, 0.15) is 5.76 Å². The van der Waals surface area contributed by atoms with Crippen LogP contribution in [0.1, 0.15) is 31.6 Å². The lowest BCUT2D eigenvalue weighted by Gasteiger charge is -2.21. The van der Waals surface area contributed by atoms with Crippen LogP contribution in [0.25, 0.3) is 11.0 Å². The summed E-state index contributed by atoms with van der Waals surface area (Å²) in [6.45, 7) is 5.57. The van der Waals surface area contributed by atoms with Gasteiger partial charge >= 0.3 is 0 Å². The number of aliphatic hydroxyl groups is 1. The van der Waals surface area contributed by atoms with E-state index in [1.54, 1.807) is 7.11 Å². The second-order valence-electron chi connectivity index (χ2n) is 6.32. The molecule has 3 rings (SSSR count). The van der Waals surface area contributed by atoms with Crippen molar-refractivity contribution in [1.82, 2.24) is 10.2 Å². The average Bonchev–Trinajstić information content (AvgIpc) is 3.21. The summed E-state index contributed by atoms with van der Waals surface area (Å²) in [5, 5.41) is 14.6. The summed E-state index contributed by atoms with van der Waals surface area (Å²) in [6, 6.07) is 7.94. The Balaban J connectivity index is 1.58. The number of nitrogens with one attached hydrogen (secondary N) is 1. The summed E-state index contributed by atoms with van der Waals surface area (Å²) in [6.07, 6.45) is 2.14. The fourth-order valence-corrected chi connectivity index (χ4v) is 3.17. The lowest BCUT2D eigenvalue weighted by Crippen LogP contribution is -2.37. The molecule has 2 heterocycles. The highest BCUT2D eigenvalue weighted by Gasteiger charge is 2.18. The van der Waals surface area contributed by atoms with Crippen LogP contribution < -0.4 is 10.1 Å². The Morgan fingerprint density at radius 1 is 1.35 bits per heavy atom. The van der Waals surface area contributed by atoms with Crippen molar-refractivity contribution in [1.29, 1.82) is 0 Å². The van der Waals surface area contributed by atoms with Gasteiger partial charge in [-0.1, -0.05) is 12.1 Å². The number of hydrogen-bond donors (Lipinski definition) is 2. The molecule has 23 heavy (non-hydrogen) atoms. The molecule has 5 heteroatoms. The number of furan rings is 1. The van der Waals surface area contributed by atoms with E-state index in [-0.39, 0.29) is 12.1 Å². The molecule has 0 aliphatic carbocycles. The van der Waals surface area contributed by atoms with Gasteiger partial charge in [-0.15, -0.1) is 0 Å². The van der Waals surface area contributed by atoms with Gasteiger partial charge in [0.2, 0.25) is 0 Å². The van der Waals surface area contributed by atoms with Crippen LogP contribution in [0.4, 0.5) is 0 Å². The van der Waals surface area contributed by atoms with Crippen LogP contribution >= 0.6 is 0 Å². The predicted octanol–water partition coefficient (Wildman–Crippen LogP) is 2.55. The fourth-order valence-electron chi connectivity index (χ4n) is 3.17. The van der Waals surface area contributed by atoms with Crippen molar-refractivity contribution in [2.24, 2.45) is 0 Å². The summed E-state index contributed by atoms with van der Waals surface area (Å²) < 4.78 is 11.3. The van der Waals surface area contributed by atoms with Crippen LogP contribution in [0.15, 0.2) is 28.7 Å². The van der Waals surface area contributed by atoms with Crippen LogP contribution in [-0.4, -0.2) is 49.4 Å². The van der Waals surface area contributed by atoms with Crippen molar-refractivity contribution in [2.75, 3.05) is 33.3 Å². The predicted molar refractivity (Wildman–Crippen MR) is 90.9 cm³/mol. The number of likely N-dealkylation sites (tertiary alicyclic amines) is 1. The van der Waals surface area contributed by atoms with Crippen LogP contribution in [0.5, 0.6) is 5.75 Å². The van der Waals surface area contributed by atoms with Crippen LogP contribution in [-0.2, 0) is 0 Å². The van der Waals surface area contributed by atoms with Gasteiger partial charge in [0.25, 0.3) is 0 Å². The van der Waals surface area contributed by atoms with E-state index in [9.17, 15) is 5.11 Å². The lowest BCUT2D eigenvalue weighted by molar-refractivity contribution is 0.120. The van der Waals surface area contributed by atoms with Crippen molar-refractivity contribution >= 4 is 11.0 Å². The number of fused-ring (bicyclic) bond motifs is 1. The average molecular weight is 318 g/mol. The first-order chi connectivity index (χ1) is 11.2. The topological polar surface area (TPSA) is 57.9 Å². The normalized spacial score (nSPS) is 18.4. The highest BCUT2D eigenvalue weighted by molar-refractivity contribution is 5.83. The quantitative estimate of drug-likeness (QED) is 0.821. The molecule has 1 aromatic carbocycles. The molecule has 2 atom stereocenters. The Morgan fingerprint density at radius 3 is 2.87 bits per heavy atom. The number of methoxy groups -OCH3 is 1. The van der Waals surface area contributed by atoms with Gasteiger partial charge < -0.3 is 24.5 Å². The van der Waals surface area contributed by atoms with Gasteiger partial charge in [0.15, 0.2) is 11.3 Å². The zero-order chi connectivity index (χ0) is 16.2. The molecule has 0 saturated carbocycles. The van der Waals surface area contributed by atoms with E-state index in [0.717, 1.165) is 42.1 Å². The van der Waals surface area contributed by atoms with Gasteiger partial charge in [0.05, 0.1) is 19.3 Å². The lowest BCUT2D eigenvalue weighted by atomic mass is 10.2. The first-order valence-electron chi connectivity index (χ1n) is 8.37. The molecule has 1 saturated heterocycles. The minimum absolute atomic E-state index is 0.0420. The summed E-state index contributed by atoms with van der Waals surface area (Å²) >= 11 is 0. The summed E-state index contributed by atoms with van der Waals surface area (Å²) in [5.74, 6) is 1.60. The number of nitrogens with zero attached hydrogens (tertiary/aromatic N) is 1. The molecule has 5 nitrogen and oxygen atoms in total. The molecular formula is C18H26N2O3. The van der Waals surface area contributed by atoms with Crippen molar-refractivity contribution in [3.05, 3.63) is 30.0 Å². The molecule has 0 bridgehead atoms. The molecule has 0 spiro atoms. The van der Waals surface area contributed by atoms with E-state index >= 15 is 0 Å². The van der Waals surface area contributed by atoms with Crippen LogP contribution in [0.2, 0.25) is 0 Å². The number of ether oxygens (including phenoxy) is 1. The van der Waals surface area contributed by atoms with Crippen molar-refractivity contribution < 1.29 is 14.3 Å². The first kappa shape index (κ1) is 16.3. The van der Waals surface area contributed by atoms with Crippen LogP contribution in [0.3, 0.4) is 0 Å². The maximum absolute atomic E-state index is 10.2. The van der Waals surface area contributed by atoms with E-state index in [0.29, 0.717) is 6.54 Å². The zero-order valence-corrected chi connectivity index (χ0v) is 13.9. The number of β-amino-alcohol motifs (C(OH)–C–C–N with tert-alkyl or cyclic N) is 1. The first-order valence-corrected chi connectivity index (χ1v) is 8.37. The number of rotatable bonds is 7. The van der Waals surface area contributed by atoms with Crippen LogP contribution in [0, 0.1) is 0 Å². The molecule has 126 valence electrons. The summed E-state index contributed by atoms with van der Waals surface area (Å²) in [5.41, 5.74) is 0.774. The van der Waals surface area contributed by atoms with Gasteiger partial charge in [-0.05, 0) is 45.0 Å². The van der Waals surface area contributed by atoms with Gasteiger partial charge in [-0.3, -0.25) is 0 Å². The number of aliphatic hydroxyl groups excluding tert-OH is 1. The molecular weight excluding hydrogens is 292 g/mol. The minimum atomic E-state index is -0.352. The molecule has 2 aromatic rings. The number of benzene rings is 1. The second kappa shape index (κ2) is 7.34. The third-order valence-electron chi connectivity index (χ3n) is 4.50. The zero-order valence-electron chi connectivity index (χ0n) is 13.9. The molecule has 1 aromatic heterocycles. The second-order valence-corrected chi connectivity index (χ2v) is 6.32. The summed E-state index contributed by atoms with van der Waals surface area (Å²) in [4.78, 5) is 2.32. The smallest absolute Gasteiger partial charge is 0.176 e. The Bertz CT molecular complexity index is 634. The molecule has 2 N–H and O–H groups in total. The number of hydrogen-bond acceptors (Lipinski definition) is 5. The summed E-state index contributed by atoms with van der Waals surface area (Å²) in [7, 11) is 1.65. The van der Waals surface area contributed by atoms with Crippen molar-refractivity contribution in [3.63, 3.8) is 0 Å². The van der Waals surface area contributed by atoms with Crippen molar-refractivity contribution in [2.45, 2.75) is 31.9 Å². The Labute approximate surface area is 137 Å². The molecule has 2 unspecified atom stereocenters. The molecule has 1 fully saturated rings. The maximum Gasteiger partial charge on any atom is 0.176 e. The Morgan fingerprint density at radius 2 is 2.13 bits per heavy atom. The largest absolute Gasteiger partial charge is 0.493 e. The monoisotopic (exact) mass is 318 g/mol. The number of para-hydroxylation sites is 1. The van der Waals surface area contributed by atoms with Gasteiger partial charge in [-0.2, -0.15) is 0 Å². The van der Waals surface area contributed by atoms with E-state index in [1.165, 1.54) is 12.8 Å².